The Morgan fingerprint density at radius 3 is 2.45 bits per heavy atom. The molecule has 2 rings (SSSR count). The van der Waals surface area contributed by atoms with E-state index >= 15 is 0 Å². The lowest BCUT2D eigenvalue weighted by Gasteiger charge is -2.29. The zero-order valence-electron chi connectivity index (χ0n) is 12.5. The van der Waals surface area contributed by atoms with Crippen LogP contribution in [0.2, 0.25) is 0 Å². The molecule has 0 aromatic carbocycles. The van der Waals surface area contributed by atoms with Crippen LogP contribution in [0, 0.1) is 11.8 Å². The number of rotatable bonds is 4. The minimum absolute atomic E-state index is 0.0233. The highest BCUT2D eigenvalue weighted by molar-refractivity contribution is 5.80. The lowest BCUT2D eigenvalue weighted by Crippen LogP contribution is -2.44. The third kappa shape index (κ3) is 3.72. The van der Waals surface area contributed by atoms with E-state index in [2.05, 4.69) is 17.6 Å². The van der Waals surface area contributed by atoms with Gasteiger partial charge in [-0.15, -0.1) is 0 Å². The maximum atomic E-state index is 12.2. The quantitative estimate of drug-likeness (QED) is 0.761. The van der Waals surface area contributed by atoms with Gasteiger partial charge in [-0.3, -0.25) is 9.59 Å². The summed E-state index contributed by atoms with van der Waals surface area (Å²) in [6.07, 6.45) is 4.32. The van der Waals surface area contributed by atoms with Crippen molar-refractivity contribution in [3.8, 4) is 0 Å². The summed E-state index contributed by atoms with van der Waals surface area (Å²) in [5, 5.41) is 6.45. The summed E-state index contributed by atoms with van der Waals surface area (Å²) in [7, 11) is 0. The van der Waals surface area contributed by atoms with E-state index in [-0.39, 0.29) is 35.8 Å². The van der Waals surface area contributed by atoms with Crippen LogP contribution in [0.1, 0.15) is 46.0 Å². The molecule has 1 aliphatic heterocycles. The molecule has 0 bridgehead atoms. The fraction of sp³-hybridized carbons (Fsp3) is 0.867. The number of amides is 1. The number of nitrogens with one attached hydrogen (secondary N) is 2. The van der Waals surface area contributed by atoms with E-state index in [1.54, 1.807) is 0 Å². The molecule has 0 aromatic rings. The summed E-state index contributed by atoms with van der Waals surface area (Å²) in [6.45, 7) is 5.27. The molecule has 1 saturated carbocycles. The summed E-state index contributed by atoms with van der Waals surface area (Å²) in [5.74, 6) is 0.209. The predicted octanol–water partition coefficient (Wildman–Crippen LogP) is 1.22. The van der Waals surface area contributed by atoms with Crippen molar-refractivity contribution in [1.82, 2.24) is 10.6 Å². The Hall–Kier alpha value is -1.10. The molecule has 1 heterocycles. The van der Waals surface area contributed by atoms with Crippen LogP contribution in [0.25, 0.3) is 0 Å². The molecule has 114 valence electrons. The van der Waals surface area contributed by atoms with Crippen molar-refractivity contribution in [3.05, 3.63) is 0 Å². The fourth-order valence-electron chi connectivity index (χ4n) is 3.26. The summed E-state index contributed by atoms with van der Waals surface area (Å²) < 4.78 is 5.06. The molecular weight excluding hydrogens is 256 g/mol. The molecule has 2 unspecified atom stereocenters. The van der Waals surface area contributed by atoms with Crippen LogP contribution >= 0.6 is 0 Å². The molecule has 1 aliphatic carbocycles. The Labute approximate surface area is 120 Å². The minimum Gasteiger partial charge on any atom is -0.466 e. The Morgan fingerprint density at radius 1 is 1.20 bits per heavy atom. The molecule has 1 amide bonds. The molecule has 5 heteroatoms. The van der Waals surface area contributed by atoms with Gasteiger partial charge in [-0.25, -0.2) is 0 Å². The number of carbonyl (C=O) groups excluding carboxylic acids is 2. The summed E-state index contributed by atoms with van der Waals surface area (Å²) in [4.78, 5) is 23.9. The van der Waals surface area contributed by atoms with E-state index in [0.717, 1.165) is 38.6 Å². The van der Waals surface area contributed by atoms with Gasteiger partial charge in [-0.05, 0) is 52.5 Å². The van der Waals surface area contributed by atoms with Crippen LogP contribution in [-0.4, -0.2) is 37.1 Å². The molecule has 1 saturated heterocycles. The zero-order valence-corrected chi connectivity index (χ0v) is 12.5. The summed E-state index contributed by atoms with van der Waals surface area (Å²) in [5.41, 5.74) is 0. The van der Waals surface area contributed by atoms with Gasteiger partial charge < -0.3 is 15.4 Å². The van der Waals surface area contributed by atoms with Crippen molar-refractivity contribution in [3.63, 3.8) is 0 Å². The van der Waals surface area contributed by atoms with Gasteiger partial charge in [-0.1, -0.05) is 0 Å². The predicted molar refractivity (Wildman–Crippen MR) is 76.1 cm³/mol. The molecule has 5 nitrogen and oxygen atoms in total. The summed E-state index contributed by atoms with van der Waals surface area (Å²) in [6, 6.07) is 0.492. The Kier molecular flexibility index (Phi) is 5.40. The second kappa shape index (κ2) is 7.07. The second-order valence-corrected chi connectivity index (χ2v) is 5.95. The van der Waals surface area contributed by atoms with E-state index < -0.39 is 0 Å². The molecule has 2 N–H and O–H groups in total. The molecule has 0 radical (unpaired) electrons. The van der Waals surface area contributed by atoms with Crippen LogP contribution in [-0.2, 0) is 14.3 Å². The summed E-state index contributed by atoms with van der Waals surface area (Å²) >= 11 is 0. The number of hydrogen-bond acceptors (Lipinski definition) is 4. The molecule has 2 fully saturated rings. The van der Waals surface area contributed by atoms with Crippen molar-refractivity contribution in [2.45, 2.75) is 58.0 Å². The van der Waals surface area contributed by atoms with Gasteiger partial charge in [0.25, 0.3) is 0 Å². The molecule has 20 heavy (non-hydrogen) atoms. The van der Waals surface area contributed by atoms with Gasteiger partial charge in [0.2, 0.25) is 5.91 Å². The Bertz CT molecular complexity index is 351. The van der Waals surface area contributed by atoms with E-state index in [9.17, 15) is 9.59 Å². The van der Waals surface area contributed by atoms with Gasteiger partial charge in [0.15, 0.2) is 0 Å². The molecular formula is C15H26N2O3. The third-order valence-electron chi connectivity index (χ3n) is 4.56. The molecule has 2 atom stereocenters. The Balaban J connectivity index is 1.74. The van der Waals surface area contributed by atoms with Gasteiger partial charge in [0.1, 0.15) is 0 Å². The first-order chi connectivity index (χ1) is 9.61. The number of esters is 1. The van der Waals surface area contributed by atoms with Gasteiger partial charge in [0, 0.05) is 12.1 Å². The molecule has 0 aromatic heterocycles. The highest BCUT2D eigenvalue weighted by Crippen LogP contribution is 2.26. The molecule has 0 spiro atoms. The Morgan fingerprint density at radius 2 is 1.90 bits per heavy atom. The van der Waals surface area contributed by atoms with Crippen LogP contribution in [0.3, 0.4) is 0 Å². The van der Waals surface area contributed by atoms with Crippen molar-refractivity contribution >= 4 is 11.9 Å². The maximum Gasteiger partial charge on any atom is 0.308 e. The largest absolute Gasteiger partial charge is 0.466 e. The van der Waals surface area contributed by atoms with Gasteiger partial charge in [0.05, 0.1) is 18.4 Å². The smallest absolute Gasteiger partial charge is 0.308 e. The van der Waals surface area contributed by atoms with Crippen LogP contribution in [0.5, 0.6) is 0 Å². The maximum absolute atomic E-state index is 12.2. The zero-order chi connectivity index (χ0) is 14.5. The topological polar surface area (TPSA) is 67.4 Å². The monoisotopic (exact) mass is 282 g/mol. The lowest BCUT2D eigenvalue weighted by atomic mass is 9.85. The van der Waals surface area contributed by atoms with Crippen molar-refractivity contribution in [1.29, 1.82) is 0 Å². The first-order valence-corrected chi connectivity index (χ1v) is 7.82. The standard InChI is InChI=1S/C15H26N2O3/c1-3-20-15(19)11-4-6-12(7-5-11)17-14(18)13-8-9-16-10(13)2/h10-13,16H,3-9H2,1-2H3,(H,17,18). The first-order valence-electron chi connectivity index (χ1n) is 7.82. The molecule has 2 aliphatic rings. The van der Waals surface area contributed by atoms with E-state index in [1.807, 2.05) is 6.92 Å². The first kappa shape index (κ1) is 15.3. The van der Waals surface area contributed by atoms with Crippen LogP contribution < -0.4 is 10.6 Å². The highest BCUT2D eigenvalue weighted by atomic mass is 16.5. The number of hydrogen-bond donors (Lipinski definition) is 2. The number of carbonyl (C=O) groups is 2. The highest BCUT2D eigenvalue weighted by Gasteiger charge is 2.32. The van der Waals surface area contributed by atoms with Crippen LogP contribution in [0.4, 0.5) is 0 Å². The van der Waals surface area contributed by atoms with Crippen molar-refractivity contribution in [2.24, 2.45) is 11.8 Å². The van der Waals surface area contributed by atoms with Crippen molar-refractivity contribution in [2.75, 3.05) is 13.2 Å². The fourth-order valence-corrected chi connectivity index (χ4v) is 3.26. The second-order valence-electron chi connectivity index (χ2n) is 5.95. The lowest BCUT2D eigenvalue weighted by molar-refractivity contribution is -0.149. The van der Waals surface area contributed by atoms with E-state index in [0.29, 0.717) is 6.61 Å². The van der Waals surface area contributed by atoms with E-state index in [1.165, 1.54) is 0 Å². The average Bonchev–Trinajstić information content (AvgIpc) is 2.86. The number of ether oxygens (including phenoxy) is 1. The average molecular weight is 282 g/mol. The third-order valence-corrected chi connectivity index (χ3v) is 4.56. The van der Waals surface area contributed by atoms with Crippen LogP contribution in [0.15, 0.2) is 0 Å². The van der Waals surface area contributed by atoms with Gasteiger partial charge in [-0.2, -0.15) is 0 Å². The van der Waals surface area contributed by atoms with Gasteiger partial charge >= 0.3 is 5.97 Å². The normalized spacial score (nSPS) is 33.7. The van der Waals surface area contributed by atoms with E-state index in [4.69, 9.17) is 4.74 Å². The van der Waals surface area contributed by atoms with Crippen molar-refractivity contribution < 1.29 is 14.3 Å². The SMILES string of the molecule is CCOC(=O)C1CCC(NC(=O)C2CCNC2C)CC1. The minimum atomic E-state index is -0.0779.